The Balaban J connectivity index is 1.70. The van der Waals surface area contributed by atoms with Crippen LogP contribution in [0.1, 0.15) is 55.6 Å². The summed E-state index contributed by atoms with van der Waals surface area (Å²) in [5.74, 6) is 0.600. The van der Waals surface area contributed by atoms with Crippen LogP contribution in [0, 0.1) is 12.3 Å². The maximum absolute atomic E-state index is 13.5. The Morgan fingerprint density at radius 1 is 1.29 bits per heavy atom. The summed E-state index contributed by atoms with van der Waals surface area (Å²) in [4.78, 5) is 31.6. The highest BCUT2D eigenvalue weighted by Crippen LogP contribution is 2.53. The SMILES string of the molecule is CCOC(=O)[C@@]1(CC)C[C@H]2CC[C@@H]1N2C(=O)c1[nH]c2ccc(OC)cc2c1C. The topological polar surface area (TPSA) is 71.6 Å². The van der Waals surface area contributed by atoms with Crippen molar-refractivity contribution in [2.45, 2.75) is 58.5 Å². The molecule has 2 aliphatic heterocycles. The molecular formula is C22H28N2O4. The first kappa shape index (κ1) is 18.8. The summed E-state index contributed by atoms with van der Waals surface area (Å²) in [5.41, 5.74) is 1.87. The summed E-state index contributed by atoms with van der Waals surface area (Å²) in [6.45, 7) is 6.19. The van der Waals surface area contributed by atoms with Crippen LogP contribution in [0.4, 0.5) is 0 Å². The van der Waals surface area contributed by atoms with Crippen LogP contribution >= 0.6 is 0 Å². The second-order valence-corrected chi connectivity index (χ2v) is 7.93. The third-order valence-electron chi connectivity index (χ3n) is 6.77. The van der Waals surface area contributed by atoms with E-state index in [1.54, 1.807) is 7.11 Å². The van der Waals surface area contributed by atoms with Crippen LogP contribution in [-0.4, -0.2) is 47.6 Å². The summed E-state index contributed by atoms with van der Waals surface area (Å²) >= 11 is 0. The van der Waals surface area contributed by atoms with Gasteiger partial charge in [0.15, 0.2) is 0 Å². The Hall–Kier alpha value is -2.50. The number of carbonyl (C=O) groups excluding carboxylic acids is 2. The minimum atomic E-state index is -0.572. The van der Waals surface area contributed by atoms with Gasteiger partial charge in [-0.15, -0.1) is 0 Å². The predicted molar refractivity (Wildman–Crippen MR) is 107 cm³/mol. The van der Waals surface area contributed by atoms with Crippen molar-refractivity contribution < 1.29 is 19.1 Å². The van der Waals surface area contributed by atoms with Crippen LogP contribution in [0.3, 0.4) is 0 Å². The van der Waals surface area contributed by atoms with E-state index in [0.29, 0.717) is 25.1 Å². The fourth-order valence-corrected chi connectivity index (χ4v) is 5.28. The number of ether oxygens (including phenoxy) is 2. The van der Waals surface area contributed by atoms with Crippen LogP contribution in [0.25, 0.3) is 10.9 Å². The van der Waals surface area contributed by atoms with Gasteiger partial charge in [0.1, 0.15) is 11.4 Å². The van der Waals surface area contributed by atoms with E-state index in [9.17, 15) is 9.59 Å². The molecule has 2 aliphatic rings. The molecule has 0 aliphatic carbocycles. The van der Waals surface area contributed by atoms with Crippen LogP contribution in [0.15, 0.2) is 18.2 Å². The van der Waals surface area contributed by atoms with Crippen molar-refractivity contribution >= 4 is 22.8 Å². The molecular weight excluding hydrogens is 356 g/mol. The van der Waals surface area contributed by atoms with Gasteiger partial charge in [0.2, 0.25) is 0 Å². The van der Waals surface area contributed by atoms with Crippen molar-refractivity contribution in [1.82, 2.24) is 9.88 Å². The molecule has 150 valence electrons. The molecule has 2 saturated heterocycles. The van der Waals surface area contributed by atoms with Gasteiger partial charge >= 0.3 is 5.97 Å². The largest absolute Gasteiger partial charge is 0.497 e. The maximum Gasteiger partial charge on any atom is 0.314 e. The zero-order valence-electron chi connectivity index (χ0n) is 17.0. The van der Waals surface area contributed by atoms with Gasteiger partial charge in [-0.25, -0.2) is 0 Å². The van der Waals surface area contributed by atoms with Crippen molar-refractivity contribution in [3.63, 3.8) is 0 Å². The summed E-state index contributed by atoms with van der Waals surface area (Å²) < 4.78 is 10.7. The van der Waals surface area contributed by atoms with Crippen LogP contribution in [0.5, 0.6) is 5.75 Å². The number of methoxy groups -OCH3 is 1. The molecule has 28 heavy (non-hydrogen) atoms. The molecule has 3 atom stereocenters. The smallest absolute Gasteiger partial charge is 0.314 e. The van der Waals surface area contributed by atoms with E-state index < -0.39 is 5.41 Å². The minimum Gasteiger partial charge on any atom is -0.497 e. The van der Waals surface area contributed by atoms with E-state index in [1.807, 2.05) is 43.9 Å². The zero-order valence-corrected chi connectivity index (χ0v) is 17.0. The first-order valence-corrected chi connectivity index (χ1v) is 10.1. The Labute approximate surface area is 165 Å². The van der Waals surface area contributed by atoms with Crippen LogP contribution in [-0.2, 0) is 9.53 Å². The first-order valence-electron chi connectivity index (χ1n) is 10.1. The quantitative estimate of drug-likeness (QED) is 0.796. The lowest BCUT2D eigenvalue weighted by Crippen LogP contribution is -2.45. The van der Waals surface area contributed by atoms with Crippen molar-refractivity contribution in [1.29, 1.82) is 0 Å². The number of fused-ring (bicyclic) bond motifs is 3. The number of hydrogen-bond acceptors (Lipinski definition) is 4. The normalized spacial score (nSPS) is 26.1. The van der Waals surface area contributed by atoms with Crippen molar-refractivity contribution in [3.05, 3.63) is 29.5 Å². The molecule has 1 aromatic carbocycles. The zero-order chi connectivity index (χ0) is 20.1. The number of aromatic amines is 1. The molecule has 6 nitrogen and oxygen atoms in total. The van der Waals surface area contributed by atoms with Gasteiger partial charge in [0.05, 0.1) is 19.1 Å². The average molecular weight is 384 g/mol. The Bertz CT molecular complexity index is 934. The molecule has 3 heterocycles. The first-order chi connectivity index (χ1) is 13.5. The molecule has 0 radical (unpaired) electrons. The lowest BCUT2D eigenvalue weighted by molar-refractivity contribution is -0.157. The van der Waals surface area contributed by atoms with E-state index in [4.69, 9.17) is 9.47 Å². The lowest BCUT2D eigenvalue weighted by atomic mass is 9.72. The maximum atomic E-state index is 13.5. The van der Waals surface area contributed by atoms with Crippen molar-refractivity contribution in [2.75, 3.05) is 13.7 Å². The molecule has 6 heteroatoms. The number of aryl methyl sites for hydroxylation is 1. The monoisotopic (exact) mass is 384 g/mol. The van der Waals surface area contributed by atoms with E-state index in [2.05, 4.69) is 4.98 Å². The number of rotatable bonds is 5. The van der Waals surface area contributed by atoms with Crippen LogP contribution in [0.2, 0.25) is 0 Å². The van der Waals surface area contributed by atoms with Gasteiger partial charge < -0.3 is 19.4 Å². The molecule has 0 unspecified atom stereocenters. The number of esters is 1. The Morgan fingerprint density at radius 2 is 2.07 bits per heavy atom. The van der Waals surface area contributed by atoms with Gasteiger partial charge in [-0.1, -0.05) is 6.92 Å². The standard InChI is InChI=1S/C22H28N2O4/c1-5-22(21(26)28-6-2)12-14-7-10-18(22)24(14)20(25)19-13(3)16-11-15(27-4)8-9-17(16)23-19/h8-9,11,14,18,23H,5-7,10,12H2,1-4H3/t14-,18+,22+/m1/s1. The summed E-state index contributed by atoms with van der Waals surface area (Å²) in [7, 11) is 1.64. The van der Waals surface area contributed by atoms with Gasteiger partial charge in [-0.2, -0.15) is 0 Å². The highest BCUT2D eigenvalue weighted by molar-refractivity contribution is 6.02. The number of benzene rings is 1. The second kappa shape index (κ2) is 6.83. The van der Waals surface area contributed by atoms with E-state index in [1.165, 1.54) is 0 Å². The van der Waals surface area contributed by atoms with Crippen molar-refractivity contribution in [2.24, 2.45) is 5.41 Å². The van der Waals surface area contributed by atoms with Crippen LogP contribution < -0.4 is 4.74 Å². The molecule has 2 fully saturated rings. The number of H-pyrrole nitrogens is 1. The third kappa shape index (κ3) is 2.54. The van der Waals surface area contributed by atoms with Crippen molar-refractivity contribution in [3.8, 4) is 5.75 Å². The number of amides is 1. The Kier molecular flexibility index (Phi) is 4.60. The molecule has 1 N–H and O–H groups in total. The number of aromatic nitrogens is 1. The fraction of sp³-hybridized carbons (Fsp3) is 0.545. The number of nitrogens with zero attached hydrogens (tertiary/aromatic N) is 1. The minimum absolute atomic E-state index is 0.0141. The molecule has 2 aromatic rings. The van der Waals surface area contributed by atoms with Gasteiger partial charge in [-0.05, 0) is 63.3 Å². The number of hydrogen-bond donors (Lipinski definition) is 1. The molecule has 0 spiro atoms. The third-order valence-corrected chi connectivity index (χ3v) is 6.77. The van der Waals surface area contributed by atoms with E-state index in [0.717, 1.165) is 35.1 Å². The van der Waals surface area contributed by atoms with Gasteiger partial charge in [-0.3, -0.25) is 9.59 Å². The molecule has 1 aromatic heterocycles. The predicted octanol–water partition coefficient (Wildman–Crippen LogP) is 3.82. The number of carbonyl (C=O) groups is 2. The molecule has 2 bridgehead atoms. The number of nitrogens with one attached hydrogen (secondary N) is 1. The molecule has 1 amide bonds. The second-order valence-electron chi connectivity index (χ2n) is 7.93. The van der Waals surface area contributed by atoms with Gasteiger partial charge in [0, 0.05) is 23.0 Å². The van der Waals surface area contributed by atoms with E-state index in [-0.39, 0.29) is 24.0 Å². The highest BCUT2D eigenvalue weighted by atomic mass is 16.5. The molecule has 0 saturated carbocycles. The summed E-state index contributed by atoms with van der Waals surface area (Å²) in [6.07, 6.45) is 3.20. The van der Waals surface area contributed by atoms with E-state index >= 15 is 0 Å². The fourth-order valence-electron chi connectivity index (χ4n) is 5.28. The Morgan fingerprint density at radius 3 is 2.75 bits per heavy atom. The highest BCUT2D eigenvalue weighted by Gasteiger charge is 2.61. The molecule has 4 rings (SSSR count). The summed E-state index contributed by atoms with van der Waals surface area (Å²) in [6, 6.07) is 5.78. The lowest BCUT2D eigenvalue weighted by Gasteiger charge is -2.34. The average Bonchev–Trinajstić information content (AvgIpc) is 3.37. The van der Waals surface area contributed by atoms with Gasteiger partial charge in [0.25, 0.3) is 5.91 Å². The summed E-state index contributed by atoms with van der Waals surface area (Å²) in [5, 5.41) is 0.987.